The molecule has 1 N–H and O–H groups in total. The van der Waals surface area contributed by atoms with Crippen molar-refractivity contribution in [1.82, 2.24) is 4.72 Å². The molecule has 2 aromatic carbocycles. The molecule has 0 aliphatic heterocycles. The van der Waals surface area contributed by atoms with E-state index in [4.69, 9.17) is 9.47 Å². The Morgan fingerprint density at radius 3 is 2.20 bits per heavy atom. The van der Waals surface area contributed by atoms with Gasteiger partial charge in [0.1, 0.15) is 18.0 Å². The minimum absolute atomic E-state index is 0. The number of sulfonamides is 1. The van der Waals surface area contributed by atoms with Gasteiger partial charge in [0.25, 0.3) is 0 Å². The summed E-state index contributed by atoms with van der Waals surface area (Å²) in [5.74, 6) is 0.392. The Morgan fingerprint density at radius 1 is 1.06 bits per heavy atom. The number of hydrogen-bond acceptors (Lipinski definition) is 6. The molecule has 0 bridgehead atoms. The molecule has 35 heavy (non-hydrogen) atoms. The Kier molecular flexibility index (Phi) is 9.74. The molecule has 6 nitrogen and oxygen atoms in total. The van der Waals surface area contributed by atoms with Crippen molar-refractivity contribution in [1.29, 1.82) is 0 Å². The SMILES string of the molecule is C=C(C(=O)c1ccc(S(=O)(=O)NCC(F)(F)F)cc1)c1cc(-c2cccs2)c(OC)cc1OC.[Na+]. The fourth-order valence-corrected chi connectivity index (χ4v) is 4.86. The average molecular weight is 535 g/mol. The van der Waals surface area contributed by atoms with Crippen molar-refractivity contribution in [2.75, 3.05) is 20.8 Å². The van der Waals surface area contributed by atoms with Gasteiger partial charge in [0, 0.05) is 33.2 Å². The number of benzene rings is 2. The molecule has 0 atom stereocenters. The minimum Gasteiger partial charge on any atom is -0.496 e. The Hall–Kier alpha value is -2.15. The molecule has 1 heterocycles. The normalized spacial score (nSPS) is 11.5. The second-order valence-corrected chi connectivity index (χ2v) is 9.72. The quantitative estimate of drug-likeness (QED) is 0.259. The Morgan fingerprint density at radius 2 is 1.69 bits per heavy atom. The van der Waals surface area contributed by atoms with E-state index in [1.807, 2.05) is 17.5 Å². The molecule has 0 fully saturated rings. The first-order chi connectivity index (χ1) is 16.0. The second-order valence-electron chi connectivity index (χ2n) is 7.00. The summed E-state index contributed by atoms with van der Waals surface area (Å²) < 4.78 is 73.5. The number of carbonyl (C=O) groups excluding carboxylic acids is 1. The van der Waals surface area contributed by atoms with Crippen molar-refractivity contribution in [3.63, 3.8) is 0 Å². The fourth-order valence-electron chi connectivity index (χ4n) is 3.10. The zero-order valence-electron chi connectivity index (χ0n) is 19.1. The molecule has 0 saturated heterocycles. The minimum atomic E-state index is -4.69. The van der Waals surface area contributed by atoms with Crippen molar-refractivity contribution < 1.29 is 65.4 Å². The van der Waals surface area contributed by atoms with Gasteiger partial charge in [0.2, 0.25) is 10.0 Å². The van der Waals surface area contributed by atoms with Crippen LogP contribution in [0.3, 0.4) is 0 Å². The van der Waals surface area contributed by atoms with Crippen molar-refractivity contribution in [2.24, 2.45) is 0 Å². The Balaban J connectivity index is 0.00000432. The van der Waals surface area contributed by atoms with Crippen LogP contribution in [-0.4, -0.2) is 41.1 Å². The van der Waals surface area contributed by atoms with E-state index in [0.717, 1.165) is 22.6 Å². The molecule has 0 saturated carbocycles. The van der Waals surface area contributed by atoms with E-state index in [0.29, 0.717) is 17.1 Å². The molecular weight excluding hydrogens is 514 g/mol. The van der Waals surface area contributed by atoms with Crippen molar-refractivity contribution in [3.8, 4) is 21.9 Å². The summed E-state index contributed by atoms with van der Waals surface area (Å²) in [6.07, 6.45) is -4.69. The number of allylic oxidation sites excluding steroid dienone is 1. The predicted octanol–water partition coefficient (Wildman–Crippen LogP) is 2.17. The van der Waals surface area contributed by atoms with E-state index in [2.05, 4.69) is 6.58 Å². The monoisotopic (exact) mass is 534 g/mol. The van der Waals surface area contributed by atoms with Gasteiger partial charge in [0.15, 0.2) is 5.78 Å². The smallest absolute Gasteiger partial charge is 0.496 e. The number of carbonyl (C=O) groups is 1. The topological polar surface area (TPSA) is 81.7 Å². The van der Waals surface area contributed by atoms with E-state index in [1.165, 1.54) is 42.4 Å². The molecule has 180 valence electrons. The van der Waals surface area contributed by atoms with Crippen molar-refractivity contribution in [3.05, 3.63) is 71.6 Å². The second kappa shape index (κ2) is 11.7. The molecule has 0 spiro atoms. The third-order valence-electron chi connectivity index (χ3n) is 4.80. The van der Waals surface area contributed by atoms with Gasteiger partial charge in [-0.3, -0.25) is 4.79 Å². The summed E-state index contributed by atoms with van der Waals surface area (Å²) in [6, 6.07) is 11.7. The summed E-state index contributed by atoms with van der Waals surface area (Å²) in [5.41, 5.74) is 1.35. The molecule has 0 aliphatic rings. The molecular formula is C23H20F3NNaO5S2+. The summed E-state index contributed by atoms with van der Waals surface area (Å²) in [4.78, 5) is 13.6. The summed E-state index contributed by atoms with van der Waals surface area (Å²) in [6.45, 7) is 2.20. The average Bonchev–Trinajstić information content (AvgIpc) is 3.35. The number of Topliss-reactive ketones (excluding diaryl/α,β-unsaturated/α-hetero) is 1. The van der Waals surface area contributed by atoms with Gasteiger partial charge in [-0.2, -0.15) is 13.2 Å². The maximum atomic E-state index is 13.1. The van der Waals surface area contributed by atoms with Crippen LogP contribution in [0.2, 0.25) is 0 Å². The Bertz CT molecular complexity index is 1310. The van der Waals surface area contributed by atoms with Crippen LogP contribution in [0.25, 0.3) is 16.0 Å². The third kappa shape index (κ3) is 6.96. The number of methoxy groups -OCH3 is 2. The van der Waals surface area contributed by atoms with Crippen LogP contribution in [-0.2, 0) is 10.0 Å². The van der Waals surface area contributed by atoms with Crippen LogP contribution >= 0.6 is 11.3 Å². The maximum absolute atomic E-state index is 13.1. The van der Waals surface area contributed by atoms with E-state index < -0.39 is 33.4 Å². The molecule has 0 amide bonds. The molecule has 3 aromatic rings. The number of alkyl halides is 3. The first-order valence-corrected chi connectivity index (χ1v) is 12.0. The third-order valence-corrected chi connectivity index (χ3v) is 7.12. The van der Waals surface area contributed by atoms with Gasteiger partial charge in [-0.05, 0) is 41.8 Å². The standard InChI is InChI=1S/C23H20F3NO5S2.Na/c1-14(17-11-18(21-5-4-10-33-21)20(32-3)12-19(17)31-2)22(28)15-6-8-16(9-7-15)34(29,30)27-13-23(24,25)26;/h4-12,27H,1,13H2,2-3H3;/q;+1. The van der Waals surface area contributed by atoms with Gasteiger partial charge in [-0.25, -0.2) is 13.1 Å². The van der Waals surface area contributed by atoms with Crippen molar-refractivity contribution in [2.45, 2.75) is 11.1 Å². The summed E-state index contributed by atoms with van der Waals surface area (Å²) in [5, 5.41) is 1.90. The largest absolute Gasteiger partial charge is 1.00 e. The van der Waals surface area contributed by atoms with E-state index >= 15 is 0 Å². The molecule has 12 heteroatoms. The van der Waals surface area contributed by atoms with Gasteiger partial charge >= 0.3 is 35.7 Å². The van der Waals surface area contributed by atoms with E-state index in [-0.39, 0.29) is 40.7 Å². The number of rotatable bonds is 9. The van der Waals surface area contributed by atoms with Gasteiger partial charge in [0.05, 0.1) is 19.1 Å². The van der Waals surface area contributed by atoms with Crippen molar-refractivity contribution >= 4 is 32.7 Å². The summed E-state index contributed by atoms with van der Waals surface area (Å²) >= 11 is 1.48. The van der Waals surface area contributed by atoms with Crippen LogP contribution in [0.15, 0.2) is 65.4 Å². The first kappa shape index (κ1) is 29.1. The van der Waals surface area contributed by atoms with Crippen LogP contribution in [0, 0.1) is 0 Å². The van der Waals surface area contributed by atoms with Crippen LogP contribution in [0.1, 0.15) is 15.9 Å². The number of halogens is 3. The number of nitrogens with one attached hydrogen (secondary N) is 1. The van der Waals surface area contributed by atoms with Gasteiger partial charge in [-0.15, -0.1) is 11.3 Å². The van der Waals surface area contributed by atoms with Crippen LogP contribution in [0.5, 0.6) is 11.5 Å². The maximum Gasteiger partial charge on any atom is 1.00 e. The summed E-state index contributed by atoms with van der Waals surface area (Å²) in [7, 11) is -1.44. The zero-order chi connectivity index (χ0) is 25.1. The van der Waals surface area contributed by atoms with Gasteiger partial charge < -0.3 is 9.47 Å². The molecule has 0 aliphatic carbocycles. The number of ketones is 1. The van der Waals surface area contributed by atoms with Gasteiger partial charge in [-0.1, -0.05) is 12.6 Å². The number of thiophene rings is 1. The molecule has 0 radical (unpaired) electrons. The van der Waals surface area contributed by atoms with Crippen LogP contribution < -0.4 is 43.8 Å². The Labute approximate surface area is 227 Å². The van der Waals surface area contributed by atoms with Crippen LogP contribution in [0.4, 0.5) is 13.2 Å². The van der Waals surface area contributed by atoms with E-state index in [9.17, 15) is 26.4 Å². The first-order valence-electron chi connectivity index (χ1n) is 9.67. The molecule has 1 aromatic heterocycles. The molecule has 3 rings (SSSR count). The zero-order valence-corrected chi connectivity index (χ0v) is 22.7. The number of hydrogen-bond donors (Lipinski definition) is 1. The number of ether oxygens (including phenoxy) is 2. The molecule has 0 unspecified atom stereocenters. The predicted molar refractivity (Wildman–Crippen MR) is 124 cm³/mol. The fraction of sp³-hybridized carbons (Fsp3) is 0.174. The van der Waals surface area contributed by atoms with E-state index in [1.54, 1.807) is 12.1 Å².